The van der Waals surface area contributed by atoms with Gasteiger partial charge in [-0.15, -0.1) is 0 Å². The normalized spacial score (nSPS) is 35.9. The van der Waals surface area contributed by atoms with E-state index in [1.807, 2.05) is 0 Å². The SMILES string of the molecule is CCCCCC1COC(CCC2COC(C3CC=C(F)CC3)OC2)OC1. The molecule has 0 saturated carbocycles. The first-order valence-corrected chi connectivity index (χ1v) is 10.6. The van der Waals surface area contributed by atoms with Crippen LogP contribution in [-0.2, 0) is 18.9 Å². The Kier molecular flexibility index (Phi) is 8.37. The molecule has 1 aliphatic carbocycles. The summed E-state index contributed by atoms with van der Waals surface area (Å²) in [6.07, 6.45) is 10.5. The van der Waals surface area contributed by atoms with Gasteiger partial charge in [0.05, 0.1) is 32.3 Å². The standard InChI is InChI=1S/C21H35FO4/c1-2-3-4-5-16-12-23-20(24-13-16)11-6-17-14-25-21(26-15-17)18-7-9-19(22)10-8-18/h9,16-18,20-21H,2-8,10-15H2,1H3. The zero-order valence-electron chi connectivity index (χ0n) is 16.2. The van der Waals surface area contributed by atoms with E-state index in [2.05, 4.69) is 6.92 Å². The molecule has 150 valence electrons. The highest BCUT2D eigenvalue weighted by atomic mass is 19.1. The number of rotatable bonds is 8. The molecule has 1 unspecified atom stereocenters. The molecule has 1 atom stereocenters. The van der Waals surface area contributed by atoms with Gasteiger partial charge in [-0.2, -0.15) is 0 Å². The molecular weight excluding hydrogens is 335 g/mol. The van der Waals surface area contributed by atoms with Crippen molar-refractivity contribution in [3.05, 3.63) is 11.9 Å². The molecule has 0 bridgehead atoms. The van der Waals surface area contributed by atoms with E-state index in [1.54, 1.807) is 6.08 Å². The third-order valence-electron chi connectivity index (χ3n) is 5.84. The van der Waals surface area contributed by atoms with E-state index in [1.165, 1.54) is 25.7 Å². The fourth-order valence-corrected chi connectivity index (χ4v) is 4.04. The minimum Gasteiger partial charge on any atom is -0.352 e. The van der Waals surface area contributed by atoms with E-state index in [4.69, 9.17) is 18.9 Å². The zero-order chi connectivity index (χ0) is 18.2. The lowest BCUT2D eigenvalue weighted by Crippen LogP contribution is -2.38. The maximum Gasteiger partial charge on any atom is 0.160 e. The average Bonchev–Trinajstić information content (AvgIpc) is 2.69. The maximum atomic E-state index is 13.1. The third-order valence-corrected chi connectivity index (χ3v) is 5.84. The molecule has 0 N–H and O–H groups in total. The largest absolute Gasteiger partial charge is 0.352 e. The van der Waals surface area contributed by atoms with Crippen molar-refractivity contribution in [1.82, 2.24) is 0 Å². The predicted octanol–water partition coefficient (Wildman–Crippen LogP) is 4.98. The minimum absolute atomic E-state index is 0.00928. The summed E-state index contributed by atoms with van der Waals surface area (Å²) in [6.45, 7) is 5.34. The van der Waals surface area contributed by atoms with Gasteiger partial charge in [0.2, 0.25) is 0 Å². The van der Waals surface area contributed by atoms with E-state index in [9.17, 15) is 4.39 Å². The van der Waals surface area contributed by atoms with E-state index in [-0.39, 0.29) is 18.4 Å². The second kappa shape index (κ2) is 10.7. The summed E-state index contributed by atoms with van der Waals surface area (Å²) in [5.74, 6) is 1.27. The van der Waals surface area contributed by atoms with Crippen molar-refractivity contribution in [3.8, 4) is 0 Å². The van der Waals surface area contributed by atoms with Gasteiger partial charge < -0.3 is 18.9 Å². The molecule has 2 aliphatic heterocycles. The molecule has 2 fully saturated rings. The first-order chi connectivity index (χ1) is 12.7. The van der Waals surface area contributed by atoms with Gasteiger partial charge in [-0.1, -0.05) is 32.3 Å². The lowest BCUT2D eigenvalue weighted by Gasteiger charge is -2.36. The van der Waals surface area contributed by atoms with Crippen molar-refractivity contribution in [3.63, 3.8) is 0 Å². The fraction of sp³-hybridized carbons (Fsp3) is 0.905. The van der Waals surface area contributed by atoms with Gasteiger partial charge in [-0.25, -0.2) is 4.39 Å². The lowest BCUT2D eigenvalue weighted by atomic mass is 9.92. The van der Waals surface area contributed by atoms with Crippen LogP contribution in [0.2, 0.25) is 0 Å². The summed E-state index contributed by atoms with van der Waals surface area (Å²) < 4.78 is 36.7. The van der Waals surface area contributed by atoms with Crippen molar-refractivity contribution in [1.29, 1.82) is 0 Å². The molecular formula is C21H35FO4. The highest BCUT2D eigenvalue weighted by Crippen LogP contribution is 2.31. The fourth-order valence-electron chi connectivity index (χ4n) is 4.04. The van der Waals surface area contributed by atoms with Crippen molar-refractivity contribution in [2.45, 2.75) is 77.3 Å². The van der Waals surface area contributed by atoms with Crippen LogP contribution in [0.5, 0.6) is 0 Å². The number of halogens is 1. The summed E-state index contributed by atoms with van der Waals surface area (Å²) in [4.78, 5) is 0. The molecule has 0 aromatic carbocycles. The Labute approximate surface area is 157 Å². The highest BCUT2D eigenvalue weighted by molar-refractivity contribution is 4.98. The summed E-state index contributed by atoms with van der Waals surface area (Å²) >= 11 is 0. The predicted molar refractivity (Wildman–Crippen MR) is 98.3 cm³/mol. The van der Waals surface area contributed by atoms with E-state index in [0.29, 0.717) is 24.2 Å². The molecule has 2 saturated heterocycles. The Balaban J connectivity index is 1.26. The maximum absolute atomic E-state index is 13.1. The summed E-state index contributed by atoms with van der Waals surface area (Å²) in [7, 11) is 0. The summed E-state index contributed by atoms with van der Waals surface area (Å²) in [5.41, 5.74) is 0. The van der Waals surface area contributed by atoms with Crippen LogP contribution in [0.15, 0.2) is 11.9 Å². The van der Waals surface area contributed by atoms with Gasteiger partial charge in [0.15, 0.2) is 12.6 Å². The molecule has 5 heteroatoms. The number of allylic oxidation sites excluding steroid dienone is 2. The van der Waals surface area contributed by atoms with Gasteiger partial charge in [0.25, 0.3) is 0 Å². The van der Waals surface area contributed by atoms with Crippen LogP contribution in [0.4, 0.5) is 4.39 Å². The molecule has 0 aromatic rings. The summed E-state index contributed by atoms with van der Waals surface area (Å²) in [6, 6.07) is 0. The molecule has 0 aromatic heterocycles. The Hall–Kier alpha value is -0.490. The Morgan fingerprint density at radius 3 is 2.27 bits per heavy atom. The Morgan fingerprint density at radius 1 is 0.923 bits per heavy atom. The number of hydrogen-bond acceptors (Lipinski definition) is 4. The van der Waals surface area contributed by atoms with Crippen LogP contribution in [0.1, 0.15) is 64.7 Å². The van der Waals surface area contributed by atoms with Gasteiger partial charge in [-0.05, 0) is 38.5 Å². The van der Waals surface area contributed by atoms with Gasteiger partial charge in [-0.3, -0.25) is 0 Å². The first kappa shape index (κ1) is 20.2. The van der Waals surface area contributed by atoms with E-state index in [0.717, 1.165) is 52.1 Å². The summed E-state index contributed by atoms with van der Waals surface area (Å²) in [5, 5.41) is 0. The van der Waals surface area contributed by atoms with Crippen LogP contribution in [-0.4, -0.2) is 39.0 Å². The quantitative estimate of drug-likeness (QED) is 0.565. The second-order valence-electron chi connectivity index (χ2n) is 8.12. The first-order valence-electron chi connectivity index (χ1n) is 10.6. The van der Waals surface area contributed by atoms with Gasteiger partial charge >= 0.3 is 0 Å². The van der Waals surface area contributed by atoms with Gasteiger partial charge in [0, 0.05) is 17.8 Å². The van der Waals surface area contributed by atoms with Crippen LogP contribution >= 0.6 is 0 Å². The van der Waals surface area contributed by atoms with Crippen LogP contribution < -0.4 is 0 Å². The molecule has 0 radical (unpaired) electrons. The van der Waals surface area contributed by atoms with Crippen LogP contribution in [0.3, 0.4) is 0 Å². The van der Waals surface area contributed by atoms with Crippen LogP contribution in [0, 0.1) is 17.8 Å². The average molecular weight is 371 g/mol. The van der Waals surface area contributed by atoms with Crippen molar-refractivity contribution in [2.75, 3.05) is 26.4 Å². The topological polar surface area (TPSA) is 36.9 Å². The van der Waals surface area contributed by atoms with E-state index >= 15 is 0 Å². The molecule has 0 spiro atoms. The van der Waals surface area contributed by atoms with Crippen molar-refractivity contribution in [2.24, 2.45) is 17.8 Å². The molecule has 3 aliphatic rings. The zero-order valence-corrected chi connectivity index (χ0v) is 16.2. The highest BCUT2D eigenvalue weighted by Gasteiger charge is 2.31. The Bertz CT molecular complexity index is 426. The lowest BCUT2D eigenvalue weighted by molar-refractivity contribution is -0.233. The van der Waals surface area contributed by atoms with E-state index < -0.39 is 0 Å². The minimum atomic E-state index is -0.165. The monoisotopic (exact) mass is 370 g/mol. The number of unbranched alkanes of at least 4 members (excludes halogenated alkanes) is 2. The van der Waals surface area contributed by atoms with Crippen LogP contribution in [0.25, 0.3) is 0 Å². The molecule has 2 heterocycles. The smallest absolute Gasteiger partial charge is 0.160 e. The number of ether oxygens (including phenoxy) is 4. The van der Waals surface area contributed by atoms with Gasteiger partial charge in [0.1, 0.15) is 0 Å². The molecule has 0 amide bonds. The second-order valence-corrected chi connectivity index (χ2v) is 8.12. The third kappa shape index (κ3) is 6.29. The van der Waals surface area contributed by atoms with Crippen molar-refractivity contribution < 1.29 is 23.3 Å². The number of hydrogen-bond donors (Lipinski definition) is 0. The molecule has 26 heavy (non-hydrogen) atoms. The molecule has 4 nitrogen and oxygen atoms in total. The van der Waals surface area contributed by atoms with Crippen molar-refractivity contribution >= 4 is 0 Å². The molecule has 3 rings (SSSR count). The Morgan fingerprint density at radius 2 is 1.62 bits per heavy atom.